The second-order valence-corrected chi connectivity index (χ2v) is 5.71. The first-order chi connectivity index (χ1) is 8.68. The molecular formula is C15H20N2O. The lowest BCUT2D eigenvalue weighted by Crippen LogP contribution is -2.16. The lowest BCUT2D eigenvalue weighted by atomic mass is 9.75. The van der Waals surface area contributed by atoms with Gasteiger partial charge in [0.2, 0.25) is 0 Å². The van der Waals surface area contributed by atoms with E-state index in [0.29, 0.717) is 17.8 Å². The van der Waals surface area contributed by atoms with Gasteiger partial charge in [0.25, 0.3) is 0 Å². The fraction of sp³-hybridized carbons (Fsp3) is 0.533. The second-order valence-electron chi connectivity index (χ2n) is 5.71. The molecule has 3 rings (SSSR count). The van der Waals surface area contributed by atoms with Crippen molar-refractivity contribution >= 4 is 0 Å². The van der Waals surface area contributed by atoms with Crippen molar-refractivity contribution in [1.82, 2.24) is 10.2 Å². The Labute approximate surface area is 108 Å². The number of fused-ring (bicyclic) bond motifs is 1. The van der Waals surface area contributed by atoms with Gasteiger partial charge in [0.1, 0.15) is 5.69 Å². The van der Waals surface area contributed by atoms with E-state index in [1.807, 2.05) is 12.1 Å². The smallest absolute Gasteiger partial charge is 0.154 e. The number of rotatable bonds is 2. The number of aromatic nitrogens is 2. The Morgan fingerprint density at radius 1 is 1.39 bits per heavy atom. The van der Waals surface area contributed by atoms with Crippen LogP contribution in [-0.2, 0) is 0 Å². The Hall–Kier alpha value is -1.51. The molecule has 0 aromatic carbocycles. The van der Waals surface area contributed by atoms with Crippen molar-refractivity contribution in [3.63, 3.8) is 0 Å². The van der Waals surface area contributed by atoms with Gasteiger partial charge in [-0.25, -0.2) is 0 Å². The molecule has 1 N–H and O–H groups in total. The zero-order valence-corrected chi connectivity index (χ0v) is 11.2. The van der Waals surface area contributed by atoms with E-state index in [1.54, 1.807) is 6.26 Å². The minimum atomic E-state index is 0.564. The van der Waals surface area contributed by atoms with E-state index in [0.717, 1.165) is 11.5 Å². The fourth-order valence-electron chi connectivity index (χ4n) is 3.13. The van der Waals surface area contributed by atoms with Crippen LogP contribution in [0, 0.1) is 5.92 Å². The molecule has 2 aromatic heterocycles. The summed E-state index contributed by atoms with van der Waals surface area (Å²) in [5.74, 6) is 2.70. The zero-order valence-electron chi connectivity index (χ0n) is 11.2. The van der Waals surface area contributed by atoms with Crippen molar-refractivity contribution in [2.45, 2.75) is 45.4 Å². The minimum Gasteiger partial charge on any atom is -0.463 e. The fourth-order valence-corrected chi connectivity index (χ4v) is 3.13. The summed E-state index contributed by atoms with van der Waals surface area (Å²) < 4.78 is 5.51. The quantitative estimate of drug-likeness (QED) is 0.855. The monoisotopic (exact) mass is 244 g/mol. The molecule has 3 nitrogen and oxygen atoms in total. The average molecular weight is 244 g/mol. The molecule has 18 heavy (non-hydrogen) atoms. The number of hydrogen-bond donors (Lipinski definition) is 1. The van der Waals surface area contributed by atoms with Gasteiger partial charge in [-0.1, -0.05) is 20.8 Å². The van der Waals surface area contributed by atoms with Gasteiger partial charge in [-0.15, -0.1) is 0 Å². The van der Waals surface area contributed by atoms with Crippen molar-refractivity contribution in [1.29, 1.82) is 0 Å². The summed E-state index contributed by atoms with van der Waals surface area (Å²) in [5.41, 5.74) is 3.71. The summed E-state index contributed by atoms with van der Waals surface area (Å²) in [7, 11) is 0. The number of H-pyrrole nitrogens is 1. The Kier molecular flexibility index (Phi) is 2.77. The van der Waals surface area contributed by atoms with Crippen LogP contribution in [0.4, 0.5) is 0 Å². The summed E-state index contributed by atoms with van der Waals surface area (Å²) in [5, 5.41) is 7.77. The van der Waals surface area contributed by atoms with Crippen LogP contribution in [0.15, 0.2) is 22.8 Å². The Balaban J connectivity index is 2.10. The third-order valence-corrected chi connectivity index (χ3v) is 4.17. The maximum atomic E-state index is 5.51. The van der Waals surface area contributed by atoms with Crippen molar-refractivity contribution < 1.29 is 4.42 Å². The van der Waals surface area contributed by atoms with E-state index in [2.05, 4.69) is 31.0 Å². The maximum absolute atomic E-state index is 5.51. The van der Waals surface area contributed by atoms with Crippen LogP contribution < -0.4 is 0 Å². The molecule has 0 aliphatic heterocycles. The van der Waals surface area contributed by atoms with Gasteiger partial charge in [0, 0.05) is 17.2 Å². The van der Waals surface area contributed by atoms with E-state index in [1.165, 1.54) is 24.1 Å². The molecule has 2 heterocycles. The highest BCUT2D eigenvalue weighted by Crippen LogP contribution is 2.44. The standard InChI is InChI=1S/C15H20N2O/c1-9(2)11-7-6-10(3)13-14(11)16-17-15(13)12-5-4-8-18-12/h4-5,8-11H,6-7H2,1-3H3,(H,16,17)/t10-,11+/m1/s1. The van der Waals surface area contributed by atoms with Crippen molar-refractivity contribution in [2.75, 3.05) is 0 Å². The Bertz CT molecular complexity index is 525. The summed E-state index contributed by atoms with van der Waals surface area (Å²) in [6, 6.07) is 3.91. The third-order valence-electron chi connectivity index (χ3n) is 4.17. The first-order valence-corrected chi connectivity index (χ1v) is 6.80. The number of furan rings is 1. The van der Waals surface area contributed by atoms with Crippen LogP contribution in [0.25, 0.3) is 11.5 Å². The number of aromatic amines is 1. The van der Waals surface area contributed by atoms with Crippen LogP contribution in [0.1, 0.15) is 56.7 Å². The predicted octanol–water partition coefficient (Wildman–Crippen LogP) is 4.31. The van der Waals surface area contributed by atoms with Crippen LogP contribution >= 0.6 is 0 Å². The lowest BCUT2D eigenvalue weighted by Gasteiger charge is -2.29. The molecule has 0 bridgehead atoms. The Morgan fingerprint density at radius 3 is 2.89 bits per heavy atom. The van der Waals surface area contributed by atoms with Gasteiger partial charge in [-0.2, -0.15) is 5.10 Å². The first-order valence-electron chi connectivity index (χ1n) is 6.80. The molecule has 0 saturated carbocycles. The summed E-state index contributed by atoms with van der Waals surface area (Å²) in [6.07, 6.45) is 4.21. The Morgan fingerprint density at radius 2 is 2.22 bits per heavy atom. The molecule has 0 radical (unpaired) electrons. The molecule has 2 atom stereocenters. The highest BCUT2D eigenvalue weighted by atomic mass is 16.3. The molecule has 1 aliphatic carbocycles. The SMILES string of the molecule is CC(C)[C@@H]1CC[C@@H](C)c2c(-c3ccco3)n[nH]c21. The van der Waals surface area contributed by atoms with Crippen LogP contribution in [0.5, 0.6) is 0 Å². The van der Waals surface area contributed by atoms with Gasteiger partial charge in [0.15, 0.2) is 5.76 Å². The highest BCUT2D eigenvalue weighted by Gasteiger charge is 2.32. The molecular weight excluding hydrogens is 224 g/mol. The van der Waals surface area contributed by atoms with E-state index in [9.17, 15) is 0 Å². The highest BCUT2D eigenvalue weighted by molar-refractivity contribution is 5.60. The summed E-state index contributed by atoms with van der Waals surface area (Å²) in [4.78, 5) is 0. The van der Waals surface area contributed by atoms with Crippen molar-refractivity contribution in [2.24, 2.45) is 5.92 Å². The molecule has 0 fully saturated rings. The normalized spacial score (nSPS) is 23.3. The van der Waals surface area contributed by atoms with Crippen LogP contribution in [0.2, 0.25) is 0 Å². The molecule has 1 aliphatic rings. The summed E-state index contributed by atoms with van der Waals surface area (Å²) >= 11 is 0. The zero-order chi connectivity index (χ0) is 12.7. The van der Waals surface area contributed by atoms with Crippen molar-refractivity contribution in [3.05, 3.63) is 29.7 Å². The average Bonchev–Trinajstić information content (AvgIpc) is 2.97. The number of nitrogens with zero attached hydrogens (tertiary/aromatic N) is 1. The predicted molar refractivity (Wildman–Crippen MR) is 71.5 cm³/mol. The van der Waals surface area contributed by atoms with E-state index in [4.69, 9.17) is 4.42 Å². The van der Waals surface area contributed by atoms with Crippen LogP contribution in [-0.4, -0.2) is 10.2 Å². The molecule has 3 heteroatoms. The number of nitrogens with one attached hydrogen (secondary N) is 1. The van der Waals surface area contributed by atoms with Gasteiger partial charge >= 0.3 is 0 Å². The second kappa shape index (κ2) is 4.30. The van der Waals surface area contributed by atoms with E-state index >= 15 is 0 Å². The van der Waals surface area contributed by atoms with Gasteiger partial charge in [-0.3, -0.25) is 5.10 Å². The molecule has 0 spiro atoms. The molecule has 0 unspecified atom stereocenters. The van der Waals surface area contributed by atoms with Crippen molar-refractivity contribution in [3.8, 4) is 11.5 Å². The van der Waals surface area contributed by atoms with Crippen LogP contribution in [0.3, 0.4) is 0 Å². The largest absolute Gasteiger partial charge is 0.463 e. The molecule has 0 saturated heterocycles. The lowest BCUT2D eigenvalue weighted by molar-refractivity contribution is 0.403. The molecule has 0 amide bonds. The topological polar surface area (TPSA) is 41.8 Å². The third kappa shape index (κ3) is 1.69. The summed E-state index contributed by atoms with van der Waals surface area (Å²) in [6.45, 7) is 6.87. The maximum Gasteiger partial charge on any atom is 0.154 e. The van der Waals surface area contributed by atoms with Gasteiger partial charge in [0.05, 0.1) is 6.26 Å². The van der Waals surface area contributed by atoms with Gasteiger partial charge < -0.3 is 4.42 Å². The minimum absolute atomic E-state index is 0.564. The molecule has 2 aromatic rings. The molecule has 96 valence electrons. The number of hydrogen-bond acceptors (Lipinski definition) is 2. The first kappa shape index (κ1) is 11.6. The van der Waals surface area contributed by atoms with E-state index < -0.39 is 0 Å². The van der Waals surface area contributed by atoms with Gasteiger partial charge in [-0.05, 0) is 36.8 Å². The van der Waals surface area contributed by atoms with E-state index in [-0.39, 0.29) is 0 Å².